The van der Waals surface area contributed by atoms with Gasteiger partial charge in [-0.3, -0.25) is 0 Å². The molecule has 3 nitrogen and oxygen atoms in total. The lowest BCUT2D eigenvalue weighted by Crippen LogP contribution is -2.20. The second-order valence-electron chi connectivity index (χ2n) is 2.78. The van der Waals surface area contributed by atoms with Crippen LogP contribution in [0.1, 0.15) is 5.56 Å². The number of benzene rings is 1. The fourth-order valence-electron chi connectivity index (χ4n) is 0.964. The zero-order chi connectivity index (χ0) is 11.6. The van der Waals surface area contributed by atoms with Gasteiger partial charge in [0.2, 0.25) is 10.0 Å². The molecule has 1 aromatic rings. The van der Waals surface area contributed by atoms with E-state index < -0.39 is 10.0 Å². The maximum Gasteiger partial charge on any atom is 0.215 e. The number of sulfonamides is 1. The van der Waals surface area contributed by atoms with Crippen molar-refractivity contribution in [3.8, 4) is 0 Å². The Bertz CT molecular complexity index is 473. The maximum atomic E-state index is 11.3. The van der Waals surface area contributed by atoms with Crippen molar-refractivity contribution < 1.29 is 8.42 Å². The van der Waals surface area contributed by atoms with Gasteiger partial charge in [0.15, 0.2) is 0 Å². The minimum atomic E-state index is -3.41. The van der Waals surface area contributed by atoms with E-state index in [9.17, 15) is 8.42 Å². The third-order valence-corrected chi connectivity index (χ3v) is 4.27. The number of rotatable bonds is 3. The molecule has 0 amide bonds. The van der Waals surface area contributed by atoms with Gasteiger partial charge in [-0.15, -0.1) is 0 Å². The molecule has 84 valence electrons. The van der Waals surface area contributed by atoms with E-state index in [0.717, 1.165) is 0 Å². The molecule has 0 aliphatic heterocycles. The maximum absolute atomic E-state index is 11.3. The van der Waals surface area contributed by atoms with Crippen molar-refractivity contribution in [3.05, 3.63) is 32.8 Å². The Kier molecular flexibility index (Phi) is 4.26. The molecular formula is C8H8Cl3NO2S. The molecule has 0 fully saturated rings. The smallest absolute Gasteiger partial charge is 0.215 e. The summed E-state index contributed by atoms with van der Waals surface area (Å²) in [5.74, 6) is -0.290. The van der Waals surface area contributed by atoms with E-state index in [1.165, 1.54) is 19.2 Å². The third kappa shape index (κ3) is 3.23. The van der Waals surface area contributed by atoms with Crippen molar-refractivity contribution in [1.29, 1.82) is 0 Å². The van der Waals surface area contributed by atoms with Gasteiger partial charge in [0.25, 0.3) is 0 Å². The standard InChI is InChI=1S/C8H8Cl3NO2S/c1-12-15(13,14)4-5-6(9)2-3-7(10)8(5)11/h2-3,12H,4H2,1H3. The van der Waals surface area contributed by atoms with Gasteiger partial charge in [-0.1, -0.05) is 34.8 Å². The van der Waals surface area contributed by atoms with Gasteiger partial charge in [-0.05, 0) is 19.2 Å². The van der Waals surface area contributed by atoms with E-state index in [1.54, 1.807) is 0 Å². The number of nitrogens with one attached hydrogen (secondary N) is 1. The summed E-state index contributed by atoms with van der Waals surface area (Å²) in [6, 6.07) is 3.03. The molecular weight excluding hydrogens is 281 g/mol. The topological polar surface area (TPSA) is 46.2 Å². The molecule has 0 spiro atoms. The minimum Gasteiger partial charge on any atom is -0.218 e. The van der Waals surface area contributed by atoms with Crippen LogP contribution in [0.15, 0.2) is 12.1 Å². The lowest BCUT2D eigenvalue weighted by Gasteiger charge is -2.08. The predicted octanol–water partition coefficient (Wildman–Crippen LogP) is 2.70. The summed E-state index contributed by atoms with van der Waals surface area (Å²) in [6.45, 7) is 0. The molecule has 0 unspecified atom stereocenters. The molecule has 0 aliphatic carbocycles. The number of hydrogen-bond acceptors (Lipinski definition) is 2. The van der Waals surface area contributed by atoms with Crippen molar-refractivity contribution in [1.82, 2.24) is 4.72 Å². The van der Waals surface area contributed by atoms with Crippen LogP contribution in [-0.2, 0) is 15.8 Å². The molecule has 15 heavy (non-hydrogen) atoms. The van der Waals surface area contributed by atoms with E-state index in [0.29, 0.717) is 5.56 Å². The van der Waals surface area contributed by atoms with Gasteiger partial charge in [0.05, 0.1) is 15.8 Å². The molecule has 1 aromatic carbocycles. The van der Waals surface area contributed by atoms with Crippen LogP contribution < -0.4 is 4.72 Å². The van der Waals surface area contributed by atoms with E-state index in [1.807, 2.05) is 0 Å². The summed E-state index contributed by atoms with van der Waals surface area (Å²) in [6.07, 6.45) is 0. The Morgan fingerprint density at radius 3 is 2.27 bits per heavy atom. The monoisotopic (exact) mass is 287 g/mol. The quantitative estimate of drug-likeness (QED) is 0.869. The first-order valence-corrected chi connectivity index (χ1v) is 6.69. The minimum absolute atomic E-state index is 0.169. The van der Waals surface area contributed by atoms with Crippen molar-refractivity contribution in [3.63, 3.8) is 0 Å². The normalized spacial score (nSPS) is 11.7. The first kappa shape index (κ1) is 13.1. The van der Waals surface area contributed by atoms with Crippen LogP contribution >= 0.6 is 34.8 Å². The fraction of sp³-hybridized carbons (Fsp3) is 0.250. The fourth-order valence-corrected chi connectivity index (χ4v) is 2.63. The second kappa shape index (κ2) is 4.89. The summed E-state index contributed by atoms with van der Waals surface area (Å²) in [5, 5.41) is 0.730. The van der Waals surface area contributed by atoms with Crippen LogP contribution in [0.5, 0.6) is 0 Å². The van der Waals surface area contributed by atoms with Crippen LogP contribution in [-0.4, -0.2) is 15.5 Å². The van der Waals surface area contributed by atoms with Crippen LogP contribution in [0.25, 0.3) is 0 Å². The Labute approximate surface area is 103 Å². The first-order valence-electron chi connectivity index (χ1n) is 3.91. The Morgan fingerprint density at radius 1 is 1.20 bits per heavy atom. The Morgan fingerprint density at radius 2 is 1.73 bits per heavy atom. The molecule has 1 rings (SSSR count). The molecule has 0 saturated carbocycles. The highest BCUT2D eigenvalue weighted by Gasteiger charge is 2.16. The zero-order valence-electron chi connectivity index (χ0n) is 7.72. The summed E-state index contributed by atoms with van der Waals surface area (Å²) in [5.41, 5.74) is 0.306. The first-order chi connectivity index (χ1) is 6.87. The highest BCUT2D eigenvalue weighted by molar-refractivity contribution is 7.88. The average Bonchev–Trinajstić information content (AvgIpc) is 2.19. The summed E-state index contributed by atoms with van der Waals surface area (Å²) < 4.78 is 24.8. The molecule has 0 aliphatic rings. The largest absolute Gasteiger partial charge is 0.218 e. The average molecular weight is 289 g/mol. The zero-order valence-corrected chi connectivity index (χ0v) is 10.8. The predicted molar refractivity (Wildman–Crippen MR) is 63.2 cm³/mol. The van der Waals surface area contributed by atoms with Crippen LogP contribution in [0.3, 0.4) is 0 Å². The molecule has 7 heteroatoms. The van der Waals surface area contributed by atoms with Crippen LogP contribution in [0.2, 0.25) is 15.1 Å². The number of hydrogen-bond donors (Lipinski definition) is 1. The van der Waals surface area contributed by atoms with Gasteiger partial charge < -0.3 is 0 Å². The second-order valence-corrected chi connectivity index (χ2v) is 5.90. The summed E-state index contributed by atoms with van der Waals surface area (Å²) >= 11 is 17.4. The summed E-state index contributed by atoms with van der Waals surface area (Å²) in [4.78, 5) is 0. The van der Waals surface area contributed by atoms with Crippen molar-refractivity contribution in [2.75, 3.05) is 7.05 Å². The molecule has 0 atom stereocenters. The number of halogens is 3. The van der Waals surface area contributed by atoms with Crippen LogP contribution in [0.4, 0.5) is 0 Å². The Hall–Kier alpha value is -0.000000000000000111. The molecule has 1 N–H and O–H groups in total. The lowest BCUT2D eigenvalue weighted by molar-refractivity contribution is 0.587. The third-order valence-electron chi connectivity index (χ3n) is 1.78. The summed E-state index contributed by atoms with van der Waals surface area (Å²) in [7, 11) is -2.09. The Balaban J connectivity index is 3.21. The van der Waals surface area contributed by atoms with Gasteiger partial charge in [0.1, 0.15) is 0 Å². The van der Waals surface area contributed by atoms with E-state index in [2.05, 4.69) is 4.72 Å². The van der Waals surface area contributed by atoms with Gasteiger partial charge in [-0.25, -0.2) is 13.1 Å². The van der Waals surface area contributed by atoms with E-state index in [4.69, 9.17) is 34.8 Å². The lowest BCUT2D eigenvalue weighted by atomic mass is 10.2. The van der Waals surface area contributed by atoms with Crippen molar-refractivity contribution >= 4 is 44.8 Å². The molecule has 0 saturated heterocycles. The highest BCUT2D eigenvalue weighted by Crippen LogP contribution is 2.32. The van der Waals surface area contributed by atoms with E-state index in [-0.39, 0.29) is 20.8 Å². The van der Waals surface area contributed by atoms with Crippen molar-refractivity contribution in [2.45, 2.75) is 5.75 Å². The van der Waals surface area contributed by atoms with Crippen LogP contribution in [0, 0.1) is 0 Å². The van der Waals surface area contributed by atoms with Gasteiger partial charge >= 0.3 is 0 Å². The van der Waals surface area contributed by atoms with E-state index >= 15 is 0 Å². The SMILES string of the molecule is CNS(=O)(=O)Cc1c(Cl)ccc(Cl)c1Cl. The van der Waals surface area contributed by atoms with Gasteiger partial charge in [-0.2, -0.15) is 0 Å². The molecule has 0 heterocycles. The van der Waals surface area contributed by atoms with Crippen molar-refractivity contribution in [2.24, 2.45) is 0 Å². The molecule has 0 aromatic heterocycles. The van der Waals surface area contributed by atoms with Gasteiger partial charge in [0, 0.05) is 10.6 Å². The molecule has 0 radical (unpaired) electrons. The highest BCUT2D eigenvalue weighted by atomic mass is 35.5. The molecule has 0 bridgehead atoms.